The van der Waals surface area contributed by atoms with E-state index < -0.39 is 0 Å². The van der Waals surface area contributed by atoms with Gasteiger partial charge in [-0.25, -0.2) is 5.01 Å². The average molecular weight is 172 g/mol. The van der Waals surface area contributed by atoms with Gasteiger partial charge in [0.25, 0.3) is 0 Å². The molecule has 0 saturated carbocycles. The van der Waals surface area contributed by atoms with Crippen LogP contribution in [-0.2, 0) is 0 Å². The number of nitrogens with one attached hydrogen (secondary N) is 1. The van der Waals surface area contributed by atoms with Gasteiger partial charge in [0.2, 0.25) is 0 Å². The highest BCUT2D eigenvalue weighted by atomic mass is 15.4. The largest absolute Gasteiger partial charge is 0.317 e. The quantitative estimate of drug-likeness (QED) is 0.435. The molecule has 1 unspecified atom stereocenters. The van der Waals surface area contributed by atoms with Crippen molar-refractivity contribution in [3.05, 3.63) is 0 Å². The molecule has 1 aliphatic rings. The predicted molar refractivity (Wildman–Crippen MR) is 50.2 cm³/mol. The molecule has 4 nitrogen and oxygen atoms in total. The van der Waals surface area contributed by atoms with Crippen molar-refractivity contribution in [1.29, 1.82) is 0 Å². The summed E-state index contributed by atoms with van der Waals surface area (Å²) in [6.45, 7) is 3.10. The maximum atomic E-state index is 5.84. The summed E-state index contributed by atoms with van der Waals surface area (Å²) in [4.78, 5) is 0. The Balaban J connectivity index is 2.26. The van der Waals surface area contributed by atoms with E-state index in [2.05, 4.69) is 5.32 Å². The molecule has 1 saturated heterocycles. The van der Waals surface area contributed by atoms with E-state index in [0.717, 1.165) is 38.9 Å². The van der Waals surface area contributed by atoms with Crippen LogP contribution in [0.5, 0.6) is 0 Å². The summed E-state index contributed by atoms with van der Waals surface area (Å²) >= 11 is 0. The first kappa shape index (κ1) is 9.92. The number of rotatable bonds is 0. The first-order chi connectivity index (χ1) is 5.80. The van der Waals surface area contributed by atoms with Crippen LogP contribution in [0.15, 0.2) is 0 Å². The normalized spacial score (nSPS) is 30.0. The Hall–Kier alpha value is -0.160. The van der Waals surface area contributed by atoms with Gasteiger partial charge in [-0.1, -0.05) is 0 Å². The van der Waals surface area contributed by atoms with Crippen molar-refractivity contribution in [2.75, 3.05) is 19.6 Å². The summed E-state index contributed by atoms with van der Waals surface area (Å²) in [7, 11) is 0. The van der Waals surface area contributed by atoms with Crippen LogP contribution in [0.4, 0.5) is 0 Å². The van der Waals surface area contributed by atoms with Crippen molar-refractivity contribution in [2.24, 2.45) is 11.6 Å². The van der Waals surface area contributed by atoms with E-state index in [1.165, 1.54) is 6.42 Å². The number of hydrogen-bond donors (Lipinski definition) is 3. The van der Waals surface area contributed by atoms with Crippen LogP contribution in [0.2, 0.25) is 0 Å². The molecular formula is C8H20N4. The highest BCUT2D eigenvalue weighted by Gasteiger charge is 2.09. The van der Waals surface area contributed by atoms with E-state index in [1.54, 1.807) is 5.01 Å². The molecule has 0 radical (unpaired) electrons. The van der Waals surface area contributed by atoms with Crippen LogP contribution < -0.4 is 16.9 Å². The second-order valence-electron chi connectivity index (χ2n) is 3.40. The molecule has 1 aliphatic heterocycles. The lowest BCUT2D eigenvalue weighted by Crippen LogP contribution is -2.48. The first-order valence-corrected chi connectivity index (χ1v) is 4.78. The molecule has 0 amide bonds. The van der Waals surface area contributed by atoms with Gasteiger partial charge in [-0.05, 0) is 38.8 Å². The Morgan fingerprint density at radius 1 is 1.17 bits per heavy atom. The molecule has 0 bridgehead atoms. The highest BCUT2D eigenvalue weighted by molar-refractivity contribution is 4.63. The molecule has 1 fully saturated rings. The van der Waals surface area contributed by atoms with Gasteiger partial charge in [0.1, 0.15) is 0 Å². The Bertz CT molecular complexity index is 104. The van der Waals surface area contributed by atoms with Crippen molar-refractivity contribution in [2.45, 2.75) is 31.8 Å². The summed E-state index contributed by atoms with van der Waals surface area (Å²) in [5.74, 6) is 5.76. The minimum Gasteiger partial charge on any atom is -0.317 e. The maximum Gasteiger partial charge on any atom is 0.0705 e. The molecule has 0 aromatic rings. The summed E-state index contributed by atoms with van der Waals surface area (Å²) in [6.07, 6.45) is 4.49. The molecule has 0 aliphatic carbocycles. The standard InChI is InChI=1S/C8H20N4/c9-8-4-3-6-11-5-1-2-7-12(8)10/h8,11H,1-7,9-10H2. The van der Waals surface area contributed by atoms with Gasteiger partial charge in [-0.2, -0.15) is 0 Å². The van der Waals surface area contributed by atoms with Crippen LogP contribution in [-0.4, -0.2) is 30.8 Å². The second-order valence-corrected chi connectivity index (χ2v) is 3.40. The second kappa shape index (κ2) is 5.48. The van der Waals surface area contributed by atoms with Crippen LogP contribution in [0.3, 0.4) is 0 Å². The van der Waals surface area contributed by atoms with Crippen molar-refractivity contribution >= 4 is 0 Å². The minimum absolute atomic E-state index is 0.0462. The fraction of sp³-hybridized carbons (Fsp3) is 1.00. The predicted octanol–water partition coefficient (Wildman–Crippen LogP) is -0.389. The van der Waals surface area contributed by atoms with Crippen LogP contribution in [0.1, 0.15) is 25.7 Å². The molecule has 0 aromatic heterocycles. The number of nitrogens with two attached hydrogens (primary N) is 2. The van der Waals surface area contributed by atoms with E-state index in [1.807, 2.05) is 0 Å². The Labute approximate surface area is 74.2 Å². The van der Waals surface area contributed by atoms with Gasteiger partial charge in [0, 0.05) is 6.54 Å². The molecule has 1 atom stereocenters. The van der Waals surface area contributed by atoms with Crippen LogP contribution in [0.25, 0.3) is 0 Å². The third kappa shape index (κ3) is 3.49. The van der Waals surface area contributed by atoms with Gasteiger partial charge in [-0.15, -0.1) is 0 Å². The first-order valence-electron chi connectivity index (χ1n) is 4.78. The SMILES string of the molecule is NC1CCCNCCCCN1N. The third-order valence-electron chi connectivity index (χ3n) is 2.30. The molecule has 12 heavy (non-hydrogen) atoms. The van der Waals surface area contributed by atoms with Crippen molar-refractivity contribution in [1.82, 2.24) is 10.3 Å². The zero-order valence-electron chi connectivity index (χ0n) is 7.63. The van der Waals surface area contributed by atoms with Gasteiger partial charge >= 0.3 is 0 Å². The highest BCUT2D eigenvalue weighted by Crippen LogP contribution is 2.00. The van der Waals surface area contributed by atoms with Gasteiger partial charge < -0.3 is 11.1 Å². The van der Waals surface area contributed by atoms with E-state index in [4.69, 9.17) is 11.6 Å². The van der Waals surface area contributed by atoms with Crippen LogP contribution >= 0.6 is 0 Å². The molecule has 0 aromatic carbocycles. The molecule has 1 heterocycles. The number of hydrogen-bond acceptors (Lipinski definition) is 4. The number of hydrazine groups is 1. The molecule has 72 valence electrons. The van der Waals surface area contributed by atoms with E-state index in [-0.39, 0.29) is 6.17 Å². The Kier molecular flexibility index (Phi) is 4.53. The topological polar surface area (TPSA) is 67.3 Å². The Morgan fingerprint density at radius 3 is 2.75 bits per heavy atom. The van der Waals surface area contributed by atoms with Gasteiger partial charge in [-0.3, -0.25) is 5.84 Å². The smallest absolute Gasteiger partial charge is 0.0705 e. The summed E-state index contributed by atoms with van der Waals surface area (Å²) in [6, 6.07) is 0. The fourth-order valence-electron chi connectivity index (χ4n) is 1.44. The van der Waals surface area contributed by atoms with Gasteiger partial charge in [0.15, 0.2) is 0 Å². The van der Waals surface area contributed by atoms with E-state index >= 15 is 0 Å². The van der Waals surface area contributed by atoms with E-state index in [0.29, 0.717) is 0 Å². The minimum atomic E-state index is 0.0462. The summed E-state index contributed by atoms with van der Waals surface area (Å²) in [5.41, 5.74) is 5.84. The lowest BCUT2D eigenvalue weighted by atomic mass is 10.2. The van der Waals surface area contributed by atoms with Crippen molar-refractivity contribution in [3.8, 4) is 0 Å². The lowest BCUT2D eigenvalue weighted by Gasteiger charge is -2.25. The molecule has 5 N–H and O–H groups in total. The summed E-state index contributed by atoms with van der Waals surface area (Å²) < 4.78 is 0. The zero-order chi connectivity index (χ0) is 8.81. The molecule has 0 spiro atoms. The van der Waals surface area contributed by atoms with Crippen molar-refractivity contribution in [3.63, 3.8) is 0 Å². The number of nitrogens with zero attached hydrogens (tertiary/aromatic N) is 1. The average Bonchev–Trinajstić information content (AvgIpc) is 2.08. The molecule has 1 rings (SSSR count). The third-order valence-corrected chi connectivity index (χ3v) is 2.30. The van der Waals surface area contributed by atoms with Crippen LogP contribution in [0, 0.1) is 0 Å². The monoisotopic (exact) mass is 172 g/mol. The summed E-state index contributed by atoms with van der Waals surface area (Å²) in [5, 5.41) is 5.14. The lowest BCUT2D eigenvalue weighted by molar-refractivity contribution is 0.184. The molecular weight excluding hydrogens is 152 g/mol. The zero-order valence-corrected chi connectivity index (χ0v) is 7.63. The van der Waals surface area contributed by atoms with Crippen molar-refractivity contribution < 1.29 is 0 Å². The van der Waals surface area contributed by atoms with Gasteiger partial charge in [0.05, 0.1) is 6.17 Å². The maximum absolute atomic E-state index is 5.84. The fourth-order valence-corrected chi connectivity index (χ4v) is 1.44. The Morgan fingerprint density at radius 2 is 1.92 bits per heavy atom. The van der Waals surface area contributed by atoms with E-state index in [9.17, 15) is 0 Å². The molecule has 4 heteroatoms.